The van der Waals surface area contributed by atoms with E-state index in [-0.39, 0.29) is 17.6 Å². The SMILES string of the molecule is COc1ccc2c(c1)C(NC(=O)/C=C/c1ccc(Cl)cc1)CC(C)(C)O2. The van der Waals surface area contributed by atoms with Crippen LogP contribution in [0.25, 0.3) is 6.08 Å². The van der Waals surface area contributed by atoms with Crippen LogP contribution in [0.4, 0.5) is 0 Å². The van der Waals surface area contributed by atoms with Gasteiger partial charge < -0.3 is 14.8 Å². The summed E-state index contributed by atoms with van der Waals surface area (Å²) in [7, 11) is 1.62. The van der Waals surface area contributed by atoms with Gasteiger partial charge in [-0.25, -0.2) is 0 Å². The Kier molecular flexibility index (Phi) is 5.23. The Balaban J connectivity index is 1.78. The minimum atomic E-state index is -0.362. The molecular weight excluding hydrogens is 350 g/mol. The van der Waals surface area contributed by atoms with E-state index < -0.39 is 0 Å². The maximum atomic E-state index is 12.4. The lowest BCUT2D eigenvalue weighted by atomic mass is 9.89. The summed E-state index contributed by atoms with van der Waals surface area (Å²) in [6, 6.07) is 12.8. The Bertz CT molecular complexity index is 828. The lowest BCUT2D eigenvalue weighted by Gasteiger charge is -2.37. The number of carbonyl (C=O) groups is 1. The van der Waals surface area contributed by atoms with Gasteiger partial charge >= 0.3 is 0 Å². The smallest absolute Gasteiger partial charge is 0.244 e. The molecule has 1 N–H and O–H groups in total. The van der Waals surface area contributed by atoms with Gasteiger partial charge in [0.25, 0.3) is 0 Å². The first kappa shape index (κ1) is 18.3. The quantitative estimate of drug-likeness (QED) is 0.787. The second-order valence-electron chi connectivity index (χ2n) is 6.92. The van der Waals surface area contributed by atoms with Crippen molar-refractivity contribution in [2.24, 2.45) is 0 Å². The molecule has 1 atom stereocenters. The maximum absolute atomic E-state index is 12.4. The van der Waals surface area contributed by atoms with Crippen molar-refractivity contribution < 1.29 is 14.3 Å². The molecule has 0 radical (unpaired) electrons. The van der Waals surface area contributed by atoms with Gasteiger partial charge in [-0.3, -0.25) is 4.79 Å². The standard InChI is InChI=1S/C21H22ClNO3/c1-21(2)13-18(17-12-16(25-3)9-10-19(17)26-21)23-20(24)11-6-14-4-7-15(22)8-5-14/h4-12,18H,13H2,1-3H3,(H,23,24)/b11-6+. The van der Waals surface area contributed by atoms with E-state index in [0.717, 1.165) is 22.6 Å². The van der Waals surface area contributed by atoms with Gasteiger partial charge in [0.1, 0.15) is 17.1 Å². The number of amides is 1. The summed E-state index contributed by atoms with van der Waals surface area (Å²) >= 11 is 5.88. The third-order valence-corrected chi connectivity index (χ3v) is 4.54. The van der Waals surface area contributed by atoms with Crippen molar-refractivity contribution >= 4 is 23.6 Å². The predicted octanol–water partition coefficient (Wildman–Crippen LogP) is 4.78. The van der Waals surface area contributed by atoms with Gasteiger partial charge in [-0.2, -0.15) is 0 Å². The van der Waals surface area contributed by atoms with Crippen LogP contribution in [-0.2, 0) is 4.79 Å². The van der Waals surface area contributed by atoms with E-state index in [4.69, 9.17) is 21.1 Å². The summed E-state index contributed by atoms with van der Waals surface area (Å²) in [5, 5.41) is 3.74. The molecule has 1 aliphatic heterocycles. The molecule has 0 fully saturated rings. The van der Waals surface area contributed by atoms with E-state index in [9.17, 15) is 4.79 Å². The van der Waals surface area contributed by atoms with Crippen molar-refractivity contribution in [3.8, 4) is 11.5 Å². The molecule has 1 aliphatic rings. The lowest BCUT2D eigenvalue weighted by molar-refractivity contribution is -0.117. The molecule has 1 unspecified atom stereocenters. The summed E-state index contributed by atoms with van der Waals surface area (Å²) < 4.78 is 11.3. The molecule has 4 nitrogen and oxygen atoms in total. The molecule has 0 saturated carbocycles. The Labute approximate surface area is 158 Å². The fraction of sp³-hybridized carbons (Fsp3) is 0.286. The van der Waals surface area contributed by atoms with Crippen LogP contribution in [0, 0.1) is 0 Å². The monoisotopic (exact) mass is 371 g/mol. The fourth-order valence-electron chi connectivity index (χ4n) is 3.05. The average molecular weight is 372 g/mol. The van der Waals surface area contributed by atoms with Crippen molar-refractivity contribution in [1.82, 2.24) is 5.32 Å². The molecule has 2 aromatic rings. The highest BCUT2D eigenvalue weighted by molar-refractivity contribution is 6.30. The Morgan fingerprint density at radius 2 is 2.00 bits per heavy atom. The Hall–Kier alpha value is -2.46. The molecule has 5 heteroatoms. The first-order valence-corrected chi connectivity index (χ1v) is 8.85. The molecule has 2 aromatic carbocycles. The second kappa shape index (κ2) is 7.42. The lowest BCUT2D eigenvalue weighted by Crippen LogP contribution is -2.40. The highest BCUT2D eigenvalue weighted by atomic mass is 35.5. The first-order chi connectivity index (χ1) is 12.4. The van der Waals surface area contributed by atoms with E-state index in [1.807, 2.05) is 44.2 Å². The van der Waals surface area contributed by atoms with Gasteiger partial charge in [0.15, 0.2) is 0 Å². The molecule has 1 heterocycles. The molecule has 136 valence electrons. The van der Waals surface area contributed by atoms with Crippen LogP contribution in [0.5, 0.6) is 11.5 Å². The number of hydrogen-bond acceptors (Lipinski definition) is 3. The van der Waals surface area contributed by atoms with Crippen LogP contribution in [0.3, 0.4) is 0 Å². The van der Waals surface area contributed by atoms with Gasteiger partial charge in [-0.1, -0.05) is 23.7 Å². The van der Waals surface area contributed by atoms with Crippen molar-refractivity contribution in [3.05, 3.63) is 64.7 Å². The largest absolute Gasteiger partial charge is 0.497 e. The van der Waals surface area contributed by atoms with Crippen molar-refractivity contribution in [2.75, 3.05) is 7.11 Å². The molecule has 0 bridgehead atoms. The highest BCUT2D eigenvalue weighted by Gasteiger charge is 2.34. The fourth-order valence-corrected chi connectivity index (χ4v) is 3.18. The Morgan fingerprint density at radius 1 is 1.27 bits per heavy atom. The minimum Gasteiger partial charge on any atom is -0.497 e. The minimum absolute atomic E-state index is 0.147. The number of fused-ring (bicyclic) bond motifs is 1. The number of rotatable bonds is 4. The number of ether oxygens (including phenoxy) is 2. The molecule has 0 aromatic heterocycles. The van der Waals surface area contributed by atoms with Gasteiger partial charge in [-0.15, -0.1) is 0 Å². The molecular formula is C21H22ClNO3. The number of benzene rings is 2. The van der Waals surface area contributed by atoms with Crippen molar-refractivity contribution in [3.63, 3.8) is 0 Å². The zero-order valence-electron chi connectivity index (χ0n) is 15.1. The van der Waals surface area contributed by atoms with Crippen LogP contribution >= 0.6 is 11.6 Å². The van der Waals surface area contributed by atoms with E-state index in [1.165, 1.54) is 6.08 Å². The molecule has 3 rings (SSSR count). The van der Waals surface area contributed by atoms with Gasteiger partial charge in [0, 0.05) is 23.1 Å². The molecule has 1 amide bonds. The molecule has 0 spiro atoms. The van der Waals surface area contributed by atoms with Crippen LogP contribution in [-0.4, -0.2) is 18.6 Å². The normalized spacial score (nSPS) is 18.1. The molecule has 0 saturated heterocycles. The number of halogens is 1. The summed E-state index contributed by atoms with van der Waals surface area (Å²) in [4.78, 5) is 12.4. The van der Waals surface area contributed by atoms with Crippen LogP contribution in [0.2, 0.25) is 5.02 Å². The third-order valence-electron chi connectivity index (χ3n) is 4.29. The zero-order chi connectivity index (χ0) is 18.7. The van der Waals surface area contributed by atoms with Crippen LogP contribution in [0.1, 0.15) is 37.4 Å². The number of methoxy groups -OCH3 is 1. The van der Waals surface area contributed by atoms with Crippen LogP contribution in [0.15, 0.2) is 48.5 Å². The van der Waals surface area contributed by atoms with Crippen molar-refractivity contribution in [2.45, 2.75) is 31.9 Å². The summed E-state index contributed by atoms with van der Waals surface area (Å²) in [6.45, 7) is 4.03. The summed E-state index contributed by atoms with van der Waals surface area (Å²) in [5.41, 5.74) is 1.48. The van der Waals surface area contributed by atoms with Gasteiger partial charge in [0.2, 0.25) is 5.91 Å². The predicted molar refractivity (Wildman–Crippen MR) is 104 cm³/mol. The van der Waals surface area contributed by atoms with Gasteiger partial charge in [-0.05, 0) is 55.8 Å². The summed E-state index contributed by atoms with van der Waals surface area (Å²) in [6.07, 6.45) is 3.97. The topological polar surface area (TPSA) is 47.6 Å². The van der Waals surface area contributed by atoms with E-state index >= 15 is 0 Å². The molecule has 0 aliphatic carbocycles. The van der Waals surface area contributed by atoms with Gasteiger partial charge in [0.05, 0.1) is 13.2 Å². The first-order valence-electron chi connectivity index (χ1n) is 8.47. The van der Waals surface area contributed by atoms with Crippen molar-refractivity contribution in [1.29, 1.82) is 0 Å². The highest BCUT2D eigenvalue weighted by Crippen LogP contribution is 2.41. The number of nitrogens with one attached hydrogen (secondary N) is 1. The Morgan fingerprint density at radius 3 is 2.69 bits per heavy atom. The number of hydrogen-bond donors (Lipinski definition) is 1. The maximum Gasteiger partial charge on any atom is 0.244 e. The zero-order valence-corrected chi connectivity index (χ0v) is 15.8. The van der Waals surface area contributed by atoms with E-state index in [1.54, 1.807) is 25.3 Å². The van der Waals surface area contributed by atoms with E-state index in [2.05, 4.69) is 5.32 Å². The average Bonchev–Trinajstić information content (AvgIpc) is 2.60. The van der Waals surface area contributed by atoms with E-state index in [0.29, 0.717) is 11.4 Å². The molecule has 26 heavy (non-hydrogen) atoms. The van der Waals surface area contributed by atoms with Crippen LogP contribution < -0.4 is 14.8 Å². The number of carbonyl (C=O) groups excluding carboxylic acids is 1. The second-order valence-corrected chi connectivity index (χ2v) is 7.35. The summed E-state index contributed by atoms with van der Waals surface area (Å²) in [5.74, 6) is 1.36. The third kappa shape index (κ3) is 4.38.